The summed E-state index contributed by atoms with van der Waals surface area (Å²) in [5.74, 6) is 0.282. The number of rotatable bonds is 3. The van der Waals surface area contributed by atoms with Crippen LogP contribution in [0.2, 0.25) is 0 Å². The Labute approximate surface area is 103 Å². The number of ketones is 1. The highest BCUT2D eigenvalue weighted by molar-refractivity contribution is 7.99. The van der Waals surface area contributed by atoms with Crippen LogP contribution in [0, 0.1) is 11.6 Å². The van der Waals surface area contributed by atoms with Gasteiger partial charge in [0.05, 0.1) is 5.56 Å². The average molecular weight is 257 g/mol. The Morgan fingerprint density at radius 2 is 2.29 bits per heavy atom. The van der Waals surface area contributed by atoms with Gasteiger partial charge < -0.3 is 5.32 Å². The molecule has 1 aromatic carbocycles. The maximum atomic E-state index is 13.4. The summed E-state index contributed by atoms with van der Waals surface area (Å²) < 4.78 is 26.3. The van der Waals surface area contributed by atoms with E-state index in [9.17, 15) is 13.6 Å². The second-order valence-electron chi connectivity index (χ2n) is 3.98. The van der Waals surface area contributed by atoms with Crippen molar-refractivity contribution >= 4 is 17.5 Å². The highest BCUT2D eigenvalue weighted by Crippen LogP contribution is 2.16. The second-order valence-corrected chi connectivity index (χ2v) is 5.13. The van der Waals surface area contributed by atoms with Gasteiger partial charge in [-0.25, -0.2) is 8.78 Å². The quantitative estimate of drug-likeness (QED) is 0.842. The Bertz CT molecular complexity index is 419. The van der Waals surface area contributed by atoms with Crippen molar-refractivity contribution in [2.45, 2.75) is 12.5 Å². The summed E-state index contributed by atoms with van der Waals surface area (Å²) in [4.78, 5) is 11.8. The van der Waals surface area contributed by atoms with Crippen molar-refractivity contribution in [3.8, 4) is 0 Å². The fourth-order valence-electron chi connectivity index (χ4n) is 1.80. The van der Waals surface area contributed by atoms with Crippen molar-refractivity contribution in [2.24, 2.45) is 0 Å². The SMILES string of the molecule is O=C(CC1CSCCN1)c1cc(F)ccc1F. The van der Waals surface area contributed by atoms with Gasteiger partial charge in [-0.1, -0.05) is 0 Å². The molecule has 1 fully saturated rings. The van der Waals surface area contributed by atoms with Crippen molar-refractivity contribution in [3.63, 3.8) is 0 Å². The third kappa shape index (κ3) is 3.26. The highest BCUT2D eigenvalue weighted by Gasteiger charge is 2.20. The molecule has 0 aromatic heterocycles. The molecule has 1 aliphatic heterocycles. The van der Waals surface area contributed by atoms with E-state index in [4.69, 9.17) is 0 Å². The van der Waals surface area contributed by atoms with Gasteiger partial charge in [0.2, 0.25) is 0 Å². The zero-order valence-electron chi connectivity index (χ0n) is 9.21. The van der Waals surface area contributed by atoms with E-state index in [1.165, 1.54) is 0 Å². The second kappa shape index (κ2) is 5.60. The lowest BCUT2D eigenvalue weighted by atomic mass is 10.0. The molecule has 0 radical (unpaired) electrons. The fraction of sp³-hybridized carbons (Fsp3) is 0.417. The molecule has 1 aliphatic rings. The van der Waals surface area contributed by atoms with Gasteiger partial charge in [0.1, 0.15) is 11.6 Å². The smallest absolute Gasteiger partial charge is 0.167 e. The minimum Gasteiger partial charge on any atom is -0.312 e. The van der Waals surface area contributed by atoms with E-state index in [-0.39, 0.29) is 23.8 Å². The Balaban J connectivity index is 2.05. The summed E-state index contributed by atoms with van der Waals surface area (Å²) in [5, 5.41) is 3.20. The number of carbonyl (C=O) groups is 1. The van der Waals surface area contributed by atoms with Crippen LogP contribution in [0.4, 0.5) is 8.78 Å². The zero-order chi connectivity index (χ0) is 12.3. The van der Waals surface area contributed by atoms with Gasteiger partial charge in [0.25, 0.3) is 0 Å². The molecule has 2 rings (SSSR count). The summed E-state index contributed by atoms with van der Waals surface area (Å²) in [7, 11) is 0. The molecule has 5 heteroatoms. The topological polar surface area (TPSA) is 29.1 Å². The lowest BCUT2D eigenvalue weighted by Gasteiger charge is -2.22. The summed E-state index contributed by atoms with van der Waals surface area (Å²) >= 11 is 1.76. The van der Waals surface area contributed by atoms with Crippen molar-refractivity contribution < 1.29 is 13.6 Å². The number of halogens is 2. The molecule has 1 atom stereocenters. The number of Topliss-reactive ketones (excluding diaryl/α,β-unsaturated/α-hetero) is 1. The minimum atomic E-state index is -0.653. The number of thioether (sulfide) groups is 1. The van der Waals surface area contributed by atoms with E-state index in [0.29, 0.717) is 0 Å². The third-order valence-electron chi connectivity index (χ3n) is 2.66. The van der Waals surface area contributed by atoms with E-state index < -0.39 is 11.6 Å². The van der Waals surface area contributed by atoms with Gasteiger partial charge in [0, 0.05) is 30.5 Å². The van der Waals surface area contributed by atoms with Gasteiger partial charge in [0.15, 0.2) is 5.78 Å². The first-order valence-electron chi connectivity index (χ1n) is 5.46. The maximum Gasteiger partial charge on any atom is 0.167 e. The first-order valence-corrected chi connectivity index (χ1v) is 6.61. The zero-order valence-corrected chi connectivity index (χ0v) is 10.0. The molecule has 0 bridgehead atoms. The van der Waals surface area contributed by atoms with E-state index in [2.05, 4.69) is 5.32 Å². The molecule has 1 heterocycles. The van der Waals surface area contributed by atoms with Crippen LogP contribution in [0.25, 0.3) is 0 Å². The Morgan fingerprint density at radius 1 is 1.47 bits per heavy atom. The third-order valence-corrected chi connectivity index (χ3v) is 3.79. The molecule has 0 saturated carbocycles. The van der Waals surface area contributed by atoms with Gasteiger partial charge in [-0.05, 0) is 18.2 Å². The average Bonchev–Trinajstić information content (AvgIpc) is 2.33. The summed E-state index contributed by atoms with van der Waals surface area (Å²) in [6, 6.07) is 3.03. The molecular formula is C12H13F2NOS. The molecule has 1 unspecified atom stereocenters. The number of carbonyl (C=O) groups excluding carboxylic acids is 1. The summed E-state index contributed by atoms with van der Waals surface area (Å²) in [5.41, 5.74) is -0.151. The Morgan fingerprint density at radius 3 is 3.00 bits per heavy atom. The monoisotopic (exact) mass is 257 g/mol. The van der Waals surface area contributed by atoms with Crippen molar-refractivity contribution in [1.82, 2.24) is 5.32 Å². The predicted molar refractivity (Wildman–Crippen MR) is 64.4 cm³/mol. The highest BCUT2D eigenvalue weighted by atomic mass is 32.2. The molecule has 0 spiro atoms. The molecule has 0 amide bonds. The number of benzene rings is 1. The van der Waals surface area contributed by atoms with E-state index >= 15 is 0 Å². The number of nitrogens with one attached hydrogen (secondary N) is 1. The standard InChI is InChI=1S/C12H13F2NOS/c13-8-1-2-11(14)10(5-8)12(16)6-9-7-17-4-3-15-9/h1-2,5,9,15H,3-4,6-7H2. The summed E-state index contributed by atoms with van der Waals surface area (Å²) in [6.07, 6.45) is 0.216. The van der Waals surface area contributed by atoms with Crippen LogP contribution in [-0.2, 0) is 0 Å². The Kier molecular flexibility index (Phi) is 4.12. The van der Waals surface area contributed by atoms with Gasteiger partial charge >= 0.3 is 0 Å². The maximum absolute atomic E-state index is 13.4. The lowest BCUT2D eigenvalue weighted by Crippen LogP contribution is -2.39. The summed E-state index contributed by atoms with van der Waals surface area (Å²) in [6.45, 7) is 0.855. The van der Waals surface area contributed by atoms with E-state index in [1.807, 2.05) is 0 Å². The molecular weight excluding hydrogens is 244 g/mol. The van der Waals surface area contributed by atoms with Crippen LogP contribution in [-0.4, -0.2) is 29.9 Å². The Hall–Kier alpha value is -0.940. The number of hydrogen-bond donors (Lipinski definition) is 1. The van der Waals surface area contributed by atoms with Crippen molar-refractivity contribution in [1.29, 1.82) is 0 Å². The molecule has 17 heavy (non-hydrogen) atoms. The number of hydrogen-bond acceptors (Lipinski definition) is 3. The van der Waals surface area contributed by atoms with Gasteiger partial charge in [-0.3, -0.25) is 4.79 Å². The van der Waals surface area contributed by atoms with Crippen LogP contribution in [0.3, 0.4) is 0 Å². The van der Waals surface area contributed by atoms with Gasteiger partial charge in [-0.2, -0.15) is 11.8 Å². The molecule has 92 valence electrons. The molecule has 1 aromatic rings. The molecule has 1 saturated heterocycles. The van der Waals surface area contributed by atoms with Crippen LogP contribution >= 0.6 is 11.8 Å². The molecule has 2 nitrogen and oxygen atoms in total. The van der Waals surface area contributed by atoms with Crippen LogP contribution in [0.1, 0.15) is 16.8 Å². The minimum absolute atomic E-state index is 0.0592. The largest absolute Gasteiger partial charge is 0.312 e. The molecule has 0 aliphatic carbocycles. The lowest BCUT2D eigenvalue weighted by molar-refractivity contribution is 0.0967. The van der Waals surface area contributed by atoms with E-state index in [0.717, 1.165) is 36.2 Å². The fourth-order valence-corrected chi connectivity index (χ4v) is 2.74. The van der Waals surface area contributed by atoms with Crippen LogP contribution in [0.15, 0.2) is 18.2 Å². The predicted octanol–water partition coefficient (Wildman–Crippen LogP) is 2.24. The molecule has 1 N–H and O–H groups in total. The first kappa shape index (κ1) is 12.5. The van der Waals surface area contributed by atoms with Gasteiger partial charge in [-0.15, -0.1) is 0 Å². The van der Waals surface area contributed by atoms with E-state index in [1.54, 1.807) is 11.8 Å². The van der Waals surface area contributed by atoms with Crippen molar-refractivity contribution in [3.05, 3.63) is 35.4 Å². The first-order chi connectivity index (χ1) is 8.16. The van der Waals surface area contributed by atoms with Crippen LogP contribution in [0.5, 0.6) is 0 Å². The van der Waals surface area contributed by atoms with Crippen molar-refractivity contribution in [2.75, 3.05) is 18.1 Å². The normalized spacial score (nSPS) is 20.2. The van der Waals surface area contributed by atoms with Crippen LogP contribution < -0.4 is 5.32 Å².